The minimum atomic E-state index is -0.459. The molecule has 0 bridgehead atoms. The summed E-state index contributed by atoms with van der Waals surface area (Å²) in [6.07, 6.45) is 0.968. The third-order valence-corrected chi connectivity index (χ3v) is 5.62. The Morgan fingerprint density at radius 2 is 2.17 bits per heavy atom. The van der Waals surface area contributed by atoms with E-state index in [1.807, 2.05) is 24.3 Å². The normalized spacial score (nSPS) is 16.8. The van der Waals surface area contributed by atoms with Gasteiger partial charge in [0.15, 0.2) is 0 Å². The summed E-state index contributed by atoms with van der Waals surface area (Å²) in [5.74, 6) is -0.459. The average molecular weight is 395 g/mol. The van der Waals surface area contributed by atoms with Crippen LogP contribution in [0.4, 0.5) is 20.6 Å². The molecule has 0 aromatic heterocycles. The molecule has 23 heavy (non-hydrogen) atoms. The number of nitrogens with zero attached hydrogens (tertiary/aromatic N) is 1. The second kappa shape index (κ2) is 6.93. The number of anilines is 2. The number of fused-ring (bicyclic) bond motifs is 1. The number of halogens is 2. The Morgan fingerprint density at radius 1 is 1.39 bits per heavy atom. The lowest BCUT2D eigenvalue weighted by Gasteiger charge is -2.33. The molecule has 0 saturated heterocycles. The van der Waals surface area contributed by atoms with Gasteiger partial charge in [0.2, 0.25) is 0 Å². The Bertz CT molecular complexity index is 740. The average Bonchev–Trinajstić information content (AvgIpc) is 2.56. The maximum atomic E-state index is 13.9. The molecule has 2 aromatic rings. The van der Waals surface area contributed by atoms with Crippen molar-refractivity contribution in [3.8, 4) is 0 Å². The highest BCUT2D eigenvalue weighted by molar-refractivity contribution is 9.10. The lowest BCUT2D eigenvalue weighted by Crippen LogP contribution is -2.42. The van der Waals surface area contributed by atoms with Crippen molar-refractivity contribution in [1.82, 2.24) is 0 Å². The van der Waals surface area contributed by atoms with Crippen LogP contribution in [0.1, 0.15) is 13.3 Å². The molecule has 1 N–H and O–H groups in total. The van der Waals surface area contributed by atoms with Crippen LogP contribution >= 0.6 is 27.7 Å². The summed E-state index contributed by atoms with van der Waals surface area (Å²) >= 11 is 5.00. The van der Waals surface area contributed by atoms with E-state index in [-0.39, 0.29) is 11.7 Å². The molecule has 1 heterocycles. The number of urea groups is 1. The highest BCUT2D eigenvalue weighted by atomic mass is 79.9. The fourth-order valence-corrected chi connectivity index (χ4v) is 4.02. The van der Waals surface area contributed by atoms with Gasteiger partial charge in [0.05, 0.1) is 11.4 Å². The van der Waals surface area contributed by atoms with Gasteiger partial charge in [0.1, 0.15) is 5.82 Å². The summed E-state index contributed by atoms with van der Waals surface area (Å²) in [4.78, 5) is 15.4. The molecule has 1 aliphatic rings. The van der Waals surface area contributed by atoms with E-state index in [0.717, 1.165) is 17.0 Å². The second-order valence-corrected chi connectivity index (χ2v) is 7.54. The van der Waals surface area contributed by atoms with Gasteiger partial charge >= 0.3 is 6.03 Å². The number of hydrogen-bond acceptors (Lipinski definition) is 2. The first-order valence-corrected chi connectivity index (χ1v) is 9.05. The van der Waals surface area contributed by atoms with E-state index in [1.54, 1.807) is 28.8 Å². The SMILES string of the molecule is CCC1CN(C(=O)Nc2ccc(Br)cc2F)c2ccccc2S1. The fourth-order valence-electron chi connectivity index (χ4n) is 2.48. The van der Waals surface area contributed by atoms with Gasteiger partial charge in [-0.05, 0) is 36.8 Å². The van der Waals surface area contributed by atoms with Crippen molar-refractivity contribution >= 4 is 45.1 Å². The molecule has 0 spiro atoms. The topological polar surface area (TPSA) is 32.3 Å². The van der Waals surface area contributed by atoms with Crippen LogP contribution in [0, 0.1) is 5.82 Å². The fraction of sp³-hybridized carbons (Fsp3) is 0.235. The molecule has 3 rings (SSSR count). The Hall–Kier alpha value is -1.53. The maximum absolute atomic E-state index is 13.9. The molecular weight excluding hydrogens is 379 g/mol. The van der Waals surface area contributed by atoms with Crippen molar-refractivity contribution in [1.29, 1.82) is 0 Å². The monoisotopic (exact) mass is 394 g/mol. The Balaban J connectivity index is 1.86. The van der Waals surface area contributed by atoms with E-state index >= 15 is 0 Å². The number of nitrogens with one attached hydrogen (secondary N) is 1. The molecule has 6 heteroatoms. The van der Waals surface area contributed by atoms with E-state index in [4.69, 9.17) is 0 Å². The molecule has 120 valence electrons. The maximum Gasteiger partial charge on any atom is 0.326 e. The minimum Gasteiger partial charge on any atom is -0.305 e. The zero-order valence-corrected chi connectivity index (χ0v) is 15.0. The zero-order chi connectivity index (χ0) is 16.4. The van der Waals surface area contributed by atoms with Crippen LogP contribution in [0.5, 0.6) is 0 Å². The van der Waals surface area contributed by atoms with E-state index in [0.29, 0.717) is 16.3 Å². The third kappa shape index (κ3) is 3.53. The highest BCUT2D eigenvalue weighted by Gasteiger charge is 2.28. The van der Waals surface area contributed by atoms with Gasteiger partial charge in [0.25, 0.3) is 0 Å². The first kappa shape index (κ1) is 16.3. The van der Waals surface area contributed by atoms with Gasteiger partial charge in [-0.25, -0.2) is 9.18 Å². The van der Waals surface area contributed by atoms with Crippen molar-refractivity contribution in [2.24, 2.45) is 0 Å². The zero-order valence-electron chi connectivity index (χ0n) is 12.6. The first-order valence-electron chi connectivity index (χ1n) is 7.37. The van der Waals surface area contributed by atoms with Crippen LogP contribution < -0.4 is 10.2 Å². The molecule has 0 fully saturated rings. The summed E-state index contributed by atoms with van der Waals surface area (Å²) < 4.78 is 14.6. The summed E-state index contributed by atoms with van der Waals surface area (Å²) in [7, 11) is 0. The summed E-state index contributed by atoms with van der Waals surface area (Å²) in [5.41, 5.74) is 1.05. The van der Waals surface area contributed by atoms with E-state index in [1.165, 1.54) is 6.07 Å². The van der Waals surface area contributed by atoms with Gasteiger partial charge < -0.3 is 5.32 Å². The molecular formula is C17H16BrFN2OS. The standard InChI is InChI=1S/C17H16BrFN2OS/c1-2-12-10-21(15-5-3-4-6-16(15)23-12)17(22)20-14-8-7-11(18)9-13(14)19/h3-9,12H,2,10H2,1H3,(H,20,22). The number of amides is 2. The van der Waals surface area contributed by atoms with Crippen LogP contribution in [-0.4, -0.2) is 17.8 Å². The molecule has 1 unspecified atom stereocenters. The summed E-state index contributed by atoms with van der Waals surface area (Å²) in [6.45, 7) is 2.72. The molecule has 2 amide bonds. The molecule has 0 radical (unpaired) electrons. The summed E-state index contributed by atoms with van der Waals surface area (Å²) in [5, 5.41) is 3.01. The number of hydrogen-bond donors (Lipinski definition) is 1. The quantitative estimate of drug-likeness (QED) is 0.727. The number of rotatable bonds is 2. The Kier molecular flexibility index (Phi) is 4.92. The molecule has 0 aliphatic carbocycles. The second-order valence-electron chi connectivity index (χ2n) is 5.28. The highest BCUT2D eigenvalue weighted by Crippen LogP contribution is 2.39. The van der Waals surface area contributed by atoms with Gasteiger partial charge in [0, 0.05) is 21.2 Å². The molecule has 3 nitrogen and oxygen atoms in total. The lowest BCUT2D eigenvalue weighted by molar-refractivity contribution is 0.256. The van der Waals surface area contributed by atoms with Crippen LogP contribution in [0.3, 0.4) is 0 Å². The lowest BCUT2D eigenvalue weighted by atomic mass is 10.2. The third-order valence-electron chi connectivity index (χ3n) is 3.71. The summed E-state index contributed by atoms with van der Waals surface area (Å²) in [6, 6.07) is 12.1. The van der Waals surface area contributed by atoms with Crippen LogP contribution in [0.2, 0.25) is 0 Å². The number of para-hydroxylation sites is 1. The predicted molar refractivity (Wildman–Crippen MR) is 96.8 cm³/mol. The first-order chi connectivity index (χ1) is 11.1. The van der Waals surface area contributed by atoms with Gasteiger partial charge in [-0.1, -0.05) is 35.0 Å². The van der Waals surface area contributed by atoms with Crippen LogP contribution in [-0.2, 0) is 0 Å². The van der Waals surface area contributed by atoms with E-state index in [9.17, 15) is 9.18 Å². The van der Waals surface area contributed by atoms with Gasteiger partial charge in [-0.3, -0.25) is 4.90 Å². The van der Waals surface area contributed by atoms with Crippen molar-refractivity contribution in [2.45, 2.75) is 23.5 Å². The van der Waals surface area contributed by atoms with Crippen LogP contribution in [0.25, 0.3) is 0 Å². The number of thioether (sulfide) groups is 1. The van der Waals surface area contributed by atoms with E-state index in [2.05, 4.69) is 28.2 Å². The number of carbonyl (C=O) groups is 1. The molecule has 2 aromatic carbocycles. The molecule has 1 aliphatic heterocycles. The smallest absolute Gasteiger partial charge is 0.305 e. The minimum absolute atomic E-state index is 0.182. The van der Waals surface area contributed by atoms with Crippen molar-refractivity contribution in [2.75, 3.05) is 16.8 Å². The van der Waals surface area contributed by atoms with Gasteiger partial charge in [-0.15, -0.1) is 11.8 Å². The Labute approximate surface area is 147 Å². The largest absolute Gasteiger partial charge is 0.326 e. The van der Waals surface area contributed by atoms with Crippen molar-refractivity contribution < 1.29 is 9.18 Å². The van der Waals surface area contributed by atoms with Crippen LogP contribution in [0.15, 0.2) is 51.8 Å². The number of benzene rings is 2. The predicted octanol–water partition coefficient (Wildman–Crippen LogP) is 5.51. The molecule has 0 saturated carbocycles. The van der Waals surface area contributed by atoms with E-state index < -0.39 is 5.82 Å². The van der Waals surface area contributed by atoms with Crippen molar-refractivity contribution in [3.05, 3.63) is 52.8 Å². The van der Waals surface area contributed by atoms with Gasteiger partial charge in [-0.2, -0.15) is 0 Å². The molecule has 1 atom stereocenters. The Morgan fingerprint density at radius 3 is 2.91 bits per heavy atom. The number of carbonyl (C=O) groups excluding carboxylic acids is 1. The van der Waals surface area contributed by atoms with Crippen molar-refractivity contribution in [3.63, 3.8) is 0 Å².